The average molecular weight is 452 g/mol. The topological polar surface area (TPSA) is 76.1 Å². The summed E-state index contributed by atoms with van der Waals surface area (Å²) in [4.78, 5) is 15.0. The minimum atomic E-state index is -4.68. The van der Waals surface area contributed by atoms with Crippen LogP contribution in [0.15, 0.2) is 47.5 Å². The highest BCUT2D eigenvalue weighted by atomic mass is 32.2. The quantitative estimate of drug-likeness (QED) is 0.715. The van der Waals surface area contributed by atoms with Crippen LogP contribution in [0.2, 0.25) is 0 Å². The number of hydrogen-bond donors (Lipinski definition) is 1. The summed E-state index contributed by atoms with van der Waals surface area (Å²) in [6.07, 6.45) is -8.84. The Morgan fingerprint density at radius 2 is 1.60 bits per heavy atom. The van der Waals surface area contributed by atoms with Gasteiger partial charge in [0.2, 0.25) is 0 Å². The van der Waals surface area contributed by atoms with Gasteiger partial charge in [0.15, 0.2) is 9.84 Å². The molecule has 1 heterocycles. The number of sulfone groups is 1. The summed E-state index contributed by atoms with van der Waals surface area (Å²) in [6.45, 7) is 0. The molecule has 1 saturated carbocycles. The van der Waals surface area contributed by atoms with Gasteiger partial charge in [-0.05, 0) is 43.2 Å². The number of pyridine rings is 1. The van der Waals surface area contributed by atoms with Crippen molar-refractivity contribution in [1.82, 2.24) is 10.3 Å². The summed E-state index contributed by atoms with van der Waals surface area (Å²) < 4.78 is 101. The van der Waals surface area contributed by atoms with E-state index in [0.29, 0.717) is 18.3 Å². The predicted octanol–water partition coefficient (Wildman–Crippen LogP) is 3.85. The first-order valence-corrected chi connectivity index (χ1v) is 10.1. The second kappa shape index (κ2) is 7.56. The molecule has 0 bridgehead atoms. The van der Waals surface area contributed by atoms with E-state index in [1.807, 2.05) is 0 Å². The number of benzene rings is 1. The van der Waals surface area contributed by atoms with Crippen LogP contribution >= 0.6 is 0 Å². The molecule has 1 aromatic carbocycles. The molecule has 0 saturated heterocycles. The molecule has 1 aliphatic rings. The van der Waals surface area contributed by atoms with Crippen molar-refractivity contribution in [1.29, 1.82) is 0 Å². The normalized spacial score (nSPS) is 19.8. The van der Waals surface area contributed by atoms with E-state index in [2.05, 4.69) is 10.3 Å². The first kappa shape index (κ1) is 22.1. The van der Waals surface area contributed by atoms with Gasteiger partial charge in [-0.2, -0.15) is 26.3 Å². The molecule has 1 aliphatic carbocycles. The highest BCUT2D eigenvalue weighted by Gasteiger charge is 2.41. The number of aromatic nitrogens is 1. The molecule has 162 valence electrons. The Bertz CT molecular complexity index is 1040. The van der Waals surface area contributed by atoms with E-state index in [4.69, 9.17) is 0 Å². The standard InChI is InChI=1S/C18H14F6N2O3S/c19-17(20,21)10-2-1-3-13(6-10)30(28,29)14-7-12(8-14)26-16(27)15-5-4-11(9-25-15)18(22,23)24/h1-6,9,12,14H,7-8H2,(H,26,27). The minimum Gasteiger partial charge on any atom is -0.348 e. The Balaban J connectivity index is 1.62. The van der Waals surface area contributed by atoms with Gasteiger partial charge in [-0.15, -0.1) is 0 Å². The van der Waals surface area contributed by atoms with E-state index >= 15 is 0 Å². The number of alkyl halides is 6. The first-order valence-electron chi connectivity index (χ1n) is 8.54. The van der Waals surface area contributed by atoms with Gasteiger partial charge in [-0.3, -0.25) is 9.78 Å². The maximum atomic E-state index is 12.8. The Labute approximate surface area is 167 Å². The molecule has 0 radical (unpaired) electrons. The van der Waals surface area contributed by atoms with Crippen LogP contribution in [0.25, 0.3) is 0 Å². The van der Waals surface area contributed by atoms with Crippen LogP contribution in [0.4, 0.5) is 26.3 Å². The number of nitrogens with zero attached hydrogens (tertiary/aromatic N) is 1. The van der Waals surface area contributed by atoms with Crippen LogP contribution in [0.3, 0.4) is 0 Å². The van der Waals surface area contributed by atoms with Crippen molar-refractivity contribution < 1.29 is 39.6 Å². The van der Waals surface area contributed by atoms with Crippen LogP contribution < -0.4 is 5.32 Å². The van der Waals surface area contributed by atoms with E-state index in [1.165, 1.54) is 0 Å². The zero-order chi connectivity index (χ0) is 22.3. The van der Waals surface area contributed by atoms with Crippen molar-refractivity contribution in [3.05, 3.63) is 59.4 Å². The van der Waals surface area contributed by atoms with E-state index in [-0.39, 0.29) is 18.5 Å². The molecule has 0 unspecified atom stereocenters. The summed E-state index contributed by atoms with van der Waals surface area (Å²) in [7, 11) is -4.03. The minimum absolute atomic E-state index is 0.0368. The molecule has 12 heteroatoms. The molecule has 1 aromatic heterocycles. The summed E-state index contributed by atoms with van der Waals surface area (Å²) in [6, 6.07) is 4.41. The highest BCUT2D eigenvalue weighted by Crippen LogP contribution is 2.35. The molecule has 30 heavy (non-hydrogen) atoms. The van der Waals surface area contributed by atoms with Crippen LogP contribution in [-0.4, -0.2) is 30.6 Å². The molecular weight excluding hydrogens is 438 g/mol. The van der Waals surface area contributed by atoms with E-state index < -0.39 is 55.4 Å². The predicted molar refractivity (Wildman–Crippen MR) is 92.1 cm³/mol. The summed E-state index contributed by atoms with van der Waals surface area (Å²) >= 11 is 0. The van der Waals surface area contributed by atoms with Crippen LogP contribution in [0, 0.1) is 0 Å². The zero-order valence-corrected chi connectivity index (χ0v) is 15.8. The fraction of sp³-hybridized carbons (Fsp3) is 0.333. The monoisotopic (exact) mass is 452 g/mol. The first-order chi connectivity index (χ1) is 13.8. The second-order valence-corrected chi connectivity index (χ2v) is 8.99. The second-order valence-electron chi connectivity index (χ2n) is 6.76. The molecule has 5 nitrogen and oxygen atoms in total. The van der Waals surface area contributed by atoms with E-state index in [1.54, 1.807) is 0 Å². The largest absolute Gasteiger partial charge is 0.417 e. The fourth-order valence-electron chi connectivity index (χ4n) is 2.93. The molecule has 0 spiro atoms. The Morgan fingerprint density at radius 1 is 0.967 bits per heavy atom. The molecule has 0 atom stereocenters. The maximum Gasteiger partial charge on any atom is 0.417 e. The molecule has 0 aliphatic heterocycles. The summed E-state index contributed by atoms with van der Waals surface area (Å²) in [5.74, 6) is -0.774. The number of amides is 1. The number of carbonyl (C=O) groups is 1. The van der Waals surface area contributed by atoms with Gasteiger partial charge < -0.3 is 5.32 Å². The van der Waals surface area contributed by atoms with E-state index in [0.717, 1.165) is 24.3 Å². The van der Waals surface area contributed by atoms with Crippen molar-refractivity contribution in [2.24, 2.45) is 0 Å². The fourth-order valence-corrected chi connectivity index (χ4v) is 4.85. The number of rotatable bonds is 4. The number of carbonyl (C=O) groups excluding carboxylic acids is 1. The summed E-state index contributed by atoms with van der Waals surface area (Å²) in [5, 5.41) is 1.47. The van der Waals surface area contributed by atoms with Gasteiger partial charge in [0.1, 0.15) is 5.69 Å². The third-order valence-electron chi connectivity index (χ3n) is 4.68. The molecule has 1 amide bonds. The molecule has 1 fully saturated rings. The van der Waals surface area contributed by atoms with Gasteiger partial charge in [0, 0.05) is 12.2 Å². The zero-order valence-electron chi connectivity index (χ0n) is 15.0. The van der Waals surface area contributed by atoms with Crippen LogP contribution in [0.1, 0.15) is 34.5 Å². The molecule has 1 N–H and O–H groups in total. The van der Waals surface area contributed by atoms with Crippen molar-refractivity contribution in [2.75, 3.05) is 0 Å². The van der Waals surface area contributed by atoms with Crippen molar-refractivity contribution in [3.63, 3.8) is 0 Å². The smallest absolute Gasteiger partial charge is 0.348 e. The lowest BCUT2D eigenvalue weighted by Crippen LogP contribution is -2.49. The van der Waals surface area contributed by atoms with Crippen LogP contribution in [-0.2, 0) is 22.2 Å². The lowest BCUT2D eigenvalue weighted by atomic mass is 9.92. The maximum absolute atomic E-state index is 12.8. The van der Waals surface area contributed by atoms with Gasteiger partial charge in [-0.1, -0.05) is 6.07 Å². The van der Waals surface area contributed by atoms with Gasteiger partial charge in [0.05, 0.1) is 21.3 Å². The molecule has 2 aromatic rings. The van der Waals surface area contributed by atoms with Gasteiger partial charge in [0.25, 0.3) is 5.91 Å². The average Bonchev–Trinajstić information content (AvgIpc) is 2.62. The summed E-state index contributed by atoms with van der Waals surface area (Å²) in [5.41, 5.74) is -2.37. The lowest BCUT2D eigenvalue weighted by Gasteiger charge is -2.35. The van der Waals surface area contributed by atoms with Crippen LogP contribution in [0.5, 0.6) is 0 Å². The Hall–Kier alpha value is -2.63. The van der Waals surface area contributed by atoms with E-state index in [9.17, 15) is 39.6 Å². The van der Waals surface area contributed by atoms with Crippen molar-refractivity contribution in [2.45, 2.75) is 41.4 Å². The van der Waals surface area contributed by atoms with Crippen molar-refractivity contribution >= 4 is 15.7 Å². The SMILES string of the molecule is O=C(NC1CC(S(=O)(=O)c2cccc(C(F)(F)F)c2)C1)c1ccc(C(F)(F)F)cn1. The lowest BCUT2D eigenvalue weighted by molar-refractivity contribution is -0.138. The Kier molecular flexibility index (Phi) is 5.56. The van der Waals surface area contributed by atoms with Gasteiger partial charge in [-0.25, -0.2) is 8.42 Å². The van der Waals surface area contributed by atoms with Gasteiger partial charge >= 0.3 is 12.4 Å². The Morgan fingerprint density at radius 3 is 2.13 bits per heavy atom. The van der Waals surface area contributed by atoms with Crippen molar-refractivity contribution in [3.8, 4) is 0 Å². The number of halogens is 6. The third kappa shape index (κ3) is 4.58. The third-order valence-corrected chi connectivity index (χ3v) is 6.86. The molecular formula is C18H14F6N2O3S. The number of hydrogen-bond acceptors (Lipinski definition) is 4. The number of nitrogens with one attached hydrogen (secondary N) is 1. The highest BCUT2D eigenvalue weighted by molar-refractivity contribution is 7.92. The molecule has 3 rings (SSSR count).